The van der Waals surface area contributed by atoms with Crippen molar-refractivity contribution in [1.29, 1.82) is 0 Å². The molecule has 1 N–H and O–H groups in total. The zero-order valence-electron chi connectivity index (χ0n) is 12.7. The number of pyridine rings is 1. The molecule has 112 valence electrons. The SMILES string of the molecule is CC(C)(C)NCc1cccc(OCc2ccc(Cl)cc2)n1. The second-order valence-corrected chi connectivity index (χ2v) is 6.42. The second-order valence-electron chi connectivity index (χ2n) is 5.99. The van der Waals surface area contributed by atoms with Crippen LogP contribution in [0.2, 0.25) is 5.02 Å². The van der Waals surface area contributed by atoms with E-state index in [0.717, 1.165) is 22.8 Å². The van der Waals surface area contributed by atoms with Gasteiger partial charge in [0.15, 0.2) is 0 Å². The minimum absolute atomic E-state index is 0.0713. The molecule has 2 aromatic rings. The van der Waals surface area contributed by atoms with Gasteiger partial charge in [-0.2, -0.15) is 0 Å². The first-order valence-electron chi connectivity index (χ1n) is 7.01. The summed E-state index contributed by atoms with van der Waals surface area (Å²) in [5.74, 6) is 0.637. The summed E-state index contributed by atoms with van der Waals surface area (Å²) >= 11 is 5.86. The summed E-state index contributed by atoms with van der Waals surface area (Å²) in [5.41, 5.74) is 2.11. The number of nitrogens with zero attached hydrogens (tertiary/aromatic N) is 1. The first-order chi connectivity index (χ1) is 9.92. The summed E-state index contributed by atoms with van der Waals surface area (Å²) in [4.78, 5) is 4.50. The van der Waals surface area contributed by atoms with Crippen molar-refractivity contribution < 1.29 is 4.74 Å². The molecule has 0 saturated heterocycles. The van der Waals surface area contributed by atoms with Gasteiger partial charge in [-0.3, -0.25) is 0 Å². The summed E-state index contributed by atoms with van der Waals surface area (Å²) in [6.07, 6.45) is 0. The Labute approximate surface area is 131 Å². The molecule has 0 amide bonds. The molecule has 0 unspecified atom stereocenters. The number of aromatic nitrogens is 1. The summed E-state index contributed by atoms with van der Waals surface area (Å²) in [7, 11) is 0. The lowest BCUT2D eigenvalue weighted by atomic mass is 10.1. The fraction of sp³-hybridized carbons (Fsp3) is 0.353. The molecule has 4 heteroatoms. The number of hydrogen-bond donors (Lipinski definition) is 1. The van der Waals surface area contributed by atoms with Gasteiger partial charge >= 0.3 is 0 Å². The van der Waals surface area contributed by atoms with Crippen LogP contribution >= 0.6 is 11.6 Å². The Bertz CT molecular complexity index is 576. The Kier molecular flexibility index (Phi) is 5.21. The van der Waals surface area contributed by atoms with E-state index in [0.29, 0.717) is 12.5 Å². The fourth-order valence-electron chi connectivity index (χ4n) is 1.73. The van der Waals surface area contributed by atoms with E-state index in [1.807, 2.05) is 42.5 Å². The number of rotatable bonds is 5. The first-order valence-corrected chi connectivity index (χ1v) is 7.38. The highest BCUT2D eigenvalue weighted by atomic mass is 35.5. The second kappa shape index (κ2) is 6.92. The summed E-state index contributed by atoms with van der Waals surface area (Å²) in [6.45, 7) is 7.61. The molecule has 0 radical (unpaired) electrons. The fourth-order valence-corrected chi connectivity index (χ4v) is 1.86. The monoisotopic (exact) mass is 304 g/mol. The van der Waals surface area contributed by atoms with Crippen LogP contribution in [0.5, 0.6) is 5.88 Å². The molecule has 0 spiro atoms. The maximum Gasteiger partial charge on any atom is 0.213 e. The minimum Gasteiger partial charge on any atom is -0.473 e. The van der Waals surface area contributed by atoms with E-state index in [1.54, 1.807) is 0 Å². The van der Waals surface area contributed by atoms with Gasteiger partial charge in [-0.25, -0.2) is 4.98 Å². The number of ether oxygens (including phenoxy) is 1. The van der Waals surface area contributed by atoms with Crippen LogP contribution in [0.1, 0.15) is 32.0 Å². The molecule has 21 heavy (non-hydrogen) atoms. The molecule has 1 aromatic carbocycles. The zero-order chi connectivity index (χ0) is 15.3. The molecule has 0 aliphatic heterocycles. The predicted octanol–water partition coefficient (Wildman–Crippen LogP) is 4.20. The van der Waals surface area contributed by atoms with Crippen LogP contribution in [0.15, 0.2) is 42.5 Å². The van der Waals surface area contributed by atoms with Gasteiger partial charge in [0.05, 0.1) is 5.69 Å². The van der Waals surface area contributed by atoms with Gasteiger partial charge in [0.2, 0.25) is 5.88 Å². The summed E-state index contributed by atoms with van der Waals surface area (Å²) in [6, 6.07) is 13.4. The van der Waals surface area contributed by atoms with E-state index in [4.69, 9.17) is 16.3 Å². The average Bonchev–Trinajstić information content (AvgIpc) is 2.44. The van der Waals surface area contributed by atoms with Crippen LogP contribution in [0.25, 0.3) is 0 Å². The predicted molar refractivity (Wildman–Crippen MR) is 86.6 cm³/mol. The highest BCUT2D eigenvalue weighted by Crippen LogP contribution is 2.13. The van der Waals surface area contributed by atoms with E-state index < -0.39 is 0 Å². The molecular formula is C17H21ClN2O. The van der Waals surface area contributed by atoms with Gasteiger partial charge in [-0.05, 0) is 44.5 Å². The van der Waals surface area contributed by atoms with Crippen LogP contribution in [-0.2, 0) is 13.2 Å². The van der Waals surface area contributed by atoms with E-state index in [9.17, 15) is 0 Å². The Morgan fingerprint density at radius 3 is 2.48 bits per heavy atom. The third kappa shape index (κ3) is 5.74. The van der Waals surface area contributed by atoms with Gasteiger partial charge in [0.25, 0.3) is 0 Å². The lowest BCUT2D eigenvalue weighted by molar-refractivity contribution is 0.292. The van der Waals surface area contributed by atoms with Crippen molar-refractivity contribution in [3.05, 3.63) is 58.7 Å². The Morgan fingerprint density at radius 2 is 1.81 bits per heavy atom. The van der Waals surface area contributed by atoms with Crippen LogP contribution in [0.3, 0.4) is 0 Å². The Hall–Kier alpha value is -1.58. The average molecular weight is 305 g/mol. The molecule has 0 aliphatic rings. The van der Waals surface area contributed by atoms with Gasteiger partial charge in [-0.1, -0.05) is 29.8 Å². The van der Waals surface area contributed by atoms with E-state index in [1.165, 1.54) is 0 Å². The molecule has 0 atom stereocenters. The van der Waals surface area contributed by atoms with Crippen molar-refractivity contribution in [3.63, 3.8) is 0 Å². The van der Waals surface area contributed by atoms with Crippen molar-refractivity contribution in [3.8, 4) is 5.88 Å². The van der Waals surface area contributed by atoms with Crippen molar-refractivity contribution in [2.45, 2.75) is 39.5 Å². The van der Waals surface area contributed by atoms with Crippen molar-refractivity contribution in [2.24, 2.45) is 0 Å². The van der Waals surface area contributed by atoms with Crippen molar-refractivity contribution in [2.75, 3.05) is 0 Å². The van der Waals surface area contributed by atoms with Gasteiger partial charge < -0.3 is 10.1 Å². The highest BCUT2D eigenvalue weighted by molar-refractivity contribution is 6.30. The highest BCUT2D eigenvalue weighted by Gasteiger charge is 2.09. The molecule has 0 aliphatic carbocycles. The van der Waals surface area contributed by atoms with Crippen LogP contribution in [-0.4, -0.2) is 10.5 Å². The normalized spacial score (nSPS) is 11.4. The van der Waals surface area contributed by atoms with Crippen LogP contribution in [0, 0.1) is 0 Å². The van der Waals surface area contributed by atoms with Gasteiger partial charge in [0.1, 0.15) is 6.61 Å². The Balaban J connectivity index is 1.93. The molecule has 0 fully saturated rings. The number of nitrogens with one attached hydrogen (secondary N) is 1. The molecule has 2 rings (SSSR count). The summed E-state index contributed by atoms with van der Waals surface area (Å²) in [5, 5.41) is 4.14. The molecule has 0 bridgehead atoms. The van der Waals surface area contributed by atoms with E-state index in [-0.39, 0.29) is 5.54 Å². The van der Waals surface area contributed by atoms with Crippen molar-refractivity contribution >= 4 is 11.6 Å². The molecule has 0 saturated carbocycles. The first kappa shape index (κ1) is 15.8. The largest absolute Gasteiger partial charge is 0.473 e. The maximum absolute atomic E-state index is 5.86. The smallest absolute Gasteiger partial charge is 0.213 e. The van der Waals surface area contributed by atoms with Crippen molar-refractivity contribution in [1.82, 2.24) is 10.3 Å². The number of hydrogen-bond acceptors (Lipinski definition) is 3. The molecule has 1 aromatic heterocycles. The minimum atomic E-state index is 0.0713. The van der Waals surface area contributed by atoms with E-state index >= 15 is 0 Å². The zero-order valence-corrected chi connectivity index (χ0v) is 13.4. The van der Waals surface area contributed by atoms with E-state index in [2.05, 4.69) is 31.1 Å². The molecular weight excluding hydrogens is 284 g/mol. The number of halogens is 1. The standard InChI is InChI=1S/C17H21ClN2O/c1-17(2,3)19-11-15-5-4-6-16(20-15)21-12-13-7-9-14(18)10-8-13/h4-10,19H,11-12H2,1-3H3. The van der Waals surface area contributed by atoms with Crippen LogP contribution in [0.4, 0.5) is 0 Å². The quantitative estimate of drug-likeness (QED) is 0.899. The third-order valence-corrected chi connectivity index (χ3v) is 3.13. The summed E-state index contributed by atoms with van der Waals surface area (Å²) < 4.78 is 5.72. The lowest BCUT2D eigenvalue weighted by Crippen LogP contribution is -2.35. The lowest BCUT2D eigenvalue weighted by Gasteiger charge is -2.20. The third-order valence-electron chi connectivity index (χ3n) is 2.88. The van der Waals surface area contributed by atoms with Gasteiger partial charge in [-0.15, -0.1) is 0 Å². The topological polar surface area (TPSA) is 34.1 Å². The Morgan fingerprint density at radius 1 is 1.10 bits per heavy atom. The van der Waals surface area contributed by atoms with Gasteiger partial charge in [0, 0.05) is 23.2 Å². The number of benzene rings is 1. The molecule has 3 nitrogen and oxygen atoms in total. The maximum atomic E-state index is 5.86. The van der Waals surface area contributed by atoms with Crippen LogP contribution < -0.4 is 10.1 Å². The molecule has 1 heterocycles.